The fourth-order valence-corrected chi connectivity index (χ4v) is 2.68. The average Bonchev–Trinajstić information content (AvgIpc) is 2.74. The second kappa shape index (κ2) is 5.54. The summed E-state index contributed by atoms with van der Waals surface area (Å²) in [5, 5.41) is 4.50. The summed E-state index contributed by atoms with van der Waals surface area (Å²) >= 11 is 1.65. The Labute approximate surface area is 124 Å². The SMILES string of the molecule is Cc1cc2c(NCC(C)C(C)(C)C)nc(NN)nc2s1. The predicted molar refractivity (Wildman–Crippen MR) is 87.1 cm³/mol. The third-order valence-electron chi connectivity index (χ3n) is 3.70. The van der Waals surface area contributed by atoms with Crippen LogP contribution < -0.4 is 16.6 Å². The van der Waals surface area contributed by atoms with Gasteiger partial charge in [-0.05, 0) is 24.3 Å². The Morgan fingerprint density at radius 3 is 2.65 bits per heavy atom. The Morgan fingerprint density at radius 2 is 2.05 bits per heavy atom. The average molecular weight is 293 g/mol. The van der Waals surface area contributed by atoms with Crippen molar-refractivity contribution in [3.8, 4) is 0 Å². The molecular formula is C14H23N5S. The van der Waals surface area contributed by atoms with Crippen LogP contribution >= 0.6 is 11.3 Å². The van der Waals surface area contributed by atoms with E-state index in [4.69, 9.17) is 5.84 Å². The minimum atomic E-state index is 0.263. The molecule has 0 radical (unpaired) electrons. The Hall–Kier alpha value is -1.40. The van der Waals surface area contributed by atoms with Crippen LogP contribution in [0.1, 0.15) is 32.6 Å². The number of anilines is 2. The number of hydrogen-bond acceptors (Lipinski definition) is 6. The highest BCUT2D eigenvalue weighted by Crippen LogP contribution is 2.31. The fraction of sp³-hybridized carbons (Fsp3) is 0.571. The van der Waals surface area contributed by atoms with Crippen LogP contribution in [0.3, 0.4) is 0 Å². The summed E-state index contributed by atoms with van der Waals surface area (Å²) in [5.41, 5.74) is 2.79. The van der Waals surface area contributed by atoms with Crippen LogP contribution in [0.25, 0.3) is 10.2 Å². The van der Waals surface area contributed by atoms with Gasteiger partial charge in [-0.2, -0.15) is 4.98 Å². The maximum Gasteiger partial charge on any atom is 0.240 e. The molecule has 4 N–H and O–H groups in total. The minimum absolute atomic E-state index is 0.263. The lowest BCUT2D eigenvalue weighted by atomic mass is 9.82. The van der Waals surface area contributed by atoms with Crippen molar-refractivity contribution in [2.24, 2.45) is 17.2 Å². The van der Waals surface area contributed by atoms with Crippen molar-refractivity contribution in [3.05, 3.63) is 10.9 Å². The summed E-state index contributed by atoms with van der Waals surface area (Å²) in [5.74, 6) is 7.27. The van der Waals surface area contributed by atoms with Gasteiger partial charge in [0.15, 0.2) is 0 Å². The standard InChI is InChI=1S/C14H23N5S/c1-8(14(3,4)5)7-16-11-10-6-9(2)20-12(10)18-13(17-11)19-15/h6,8H,7,15H2,1-5H3,(H2,16,17,18,19). The number of nitrogen functional groups attached to an aromatic ring is 1. The number of aromatic nitrogens is 2. The number of thiophene rings is 1. The van der Waals surface area contributed by atoms with Crippen molar-refractivity contribution in [3.63, 3.8) is 0 Å². The maximum atomic E-state index is 5.44. The number of rotatable bonds is 4. The van der Waals surface area contributed by atoms with Gasteiger partial charge in [0.25, 0.3) is 0 Å². The lowest BCUT2D eigenvalue weighted by molar-refractivity contribution is 0.274. The van der Waals surface area contributed by atoms with E-state index in [2.05, 4.69) is 61.4 Å². The second-order valence-corrected chi connectivity index (χ2v) is 7.50. The Balaban J connectivity index is 2.28. The fourth-order valence-electron chi connectivity index (χ4n) is 1.80. The van der Waals surface area contributed by atoms with Gasteiger partial charge in [-0.25, -0.2) is 10.8 Å². The summed E-state index contributed by atoms with van der Waals surface area (Å²) in [6.07, 6.45) is 0. The number of hydrogen-bond donors (Lipinski definition) is 3. The van der Waals surface area contributed by atoms with E-state index >= 15 is 0 Å². The molecule has 0 aliphatic heterocycles. The van der Waals surface area contributed by atoms with E-state index in [-0.39, 0.29) is 5.41 Å². The Kier molecular flexibility index (Phi) is 4.15. The van der Waals surface area contributed by atoms with Gasteiger partial charge in [0.1, 0.15) is 10.6 Å². The number of nitrogens with two attached hydrogens (primary N) is 1. The second-order valence-electron chi connectivity index (χ2n) is 6.26. The molecule has 0 saturated carbocycles. The van der Waals surface area contributed by atoms with Gasteiger partial charge in [-0.15, -0.1) is 11.3 Å². The molecule has 2 rings (SSSR count). The lowest BCUT2D eigenvalue weighted by Crippen LogP contribution is -2.25. The zero-order valence-electron chi connectivity index (χ0n) is 12.7. The predicted octanol–water partition coefficient (Wildman–Crippen LogP) is 3.38. The number of nitrogens with one attached hydrogen (secondary N) is 2. The van der Waals surface area contributed by atoms with E-state index in [9.17, 15) is 0 Å². The molecule has 0 bridgehead atoms. The first kappa shape index (κ1) is 15.0. The molecule has 1 unspecified atom stereocenters. The molecule has 5 nitrogen and oxygen atoms in total. The van der Waals surface area contributed by atoms with E-state index < -0.39 is 0 Å². The highest BCUT2D eigenvalue weighted by molar-refractivity contribution is 7.18. The van der Waals surface area contributed by atoms with E-state index in [0.29, 0.717) is 11.9 Å². The van der Waals surface area contributed by atoms with Crippen LogP contribution in [0.5, 0.6) is 0 Å². The third-order valence-corrected chi connectivity index (χ3v) is 4.64. The van der Waals surface area contributed by atoms with Gasteiger partial charge in [-0.1, -0.05) is 27.7 Å². The largest absolute Gasteiger partial charge is 0.369 e. The van der Waals surface area contributed by atoms with Crippen molar-refractivity contribution < 1.29 is 0 Å². The van der Waals surface area contributed by atoms with Gasteiger partial charge in [0.05, 0.1) is 5.39 Å². The molecular weight excluding hydrogens is 270 g/mol. The smallest absolute Gasteiger partial charge is 0.240 e. The molecule has 2 aromatic rings. The molecule has 0 saturated heterocycles. The van der Waals surface area contributed by atoms with Gasteiger partial charge in [-0.3, -0.25) is 5.43 Å². The van der Waals surface area contributed by atoms with Crippen molar-refractivity contribution in [2.45, 2.75) is 34.6 Å². The molecule has 20 heavy (non-hydrogen) atoms. The van der Waals surface area contributed by atoms with E-state index in [0.717, 1.165) is 22.6 Å². The van der Waals surface area contributed by atoms with Crippen molar-refractivity contribution in [1.29, 1.82) is 0 Å². The van der Waals surface area contributed by atoms with E-state index in [1.807, 2.05) is 0 Å². The van der Waals surface area contributed by atoms with Gasteiger partial charge in [0.2, 0.25) is 5.95 Å². The third kappa shape index (κ3) is 3.19. The first-order valence-electron chi connectivity index (χ1n) is 6.80. The van der Waals surface area contributed by atoms with Crippen molar-refractivity contribution >= 4 is 33.3 Å². The van der Waals surface area contributed by atoms with Crippen LogP contribution in [-0.4, -0.2) is 16.5 Å². The number of hydrazine groups is 1. The molecule has 2 aromatic heterocycles. The van der Waals surface area contributed by atoms with Gasteiger partial charge >= 0.3 is 0 Å². The zero-order valence-corrected chi connectivity index (χ0v) is 13.6. The monoisotopic (exact) mass is 293 g/mol. The number of nitrogens with zero attached hydrogens (tertiary/aromatic N) is 2. The van der Waals surface area contributed by atoms with Crippen molar-refractivity contribution in [2.75, 3.05) is 17.3 Å². The van der Waals surface area contributed by atoms with Gasteiger partial charge < -0.3 is 5.32 Å². The van der Waals surface area contributed by atoms with Crippen LogP contribution in [0.2, 0.25) is 0 Å². The van der Waals surface area contributed by atoms with Crippen LogP contribution in [0.4, 0.5) is 11.8 Å². The van der Waals surface area contributed by atoms with Crippen LogP contribution in [-0.2, 0) is 0 Å². The highest BCUT2D eigenvalue weighted by Gasteiger charge is 2.20. The highest BCUT2D eigenvalue weighted by atomic mass is 32.1. The first-order valence-corrected chi connectivity index (χ1v) is 7.61. The summed E-state index contributed by atoms with van der Waals surface area (Å²) in [6, 6.07) is 2.12. The molecule has 6 heteroatoms. The molecule has 2 heterocycles. The summed E-state index contributed by atoms with van der Waals surface area (Å²) in [4.78, 5) is 11.0. The molecule has 0 aliphatic rings. The number of aryl methyl sites for hydroxylation is 1. The molecule has 0 fully saturated rings. The summed E-state index contributed by atoms with van der Waals surface area (Å²) in [6.45, 7) is 11.9. The lowest BCUT2D eigenvalue weighted by Gasteiger charge is -2.27. The molecule has 0 aromatic carbocycles. The van der Waals surface area contributed by atoms with E-state index in [1.54, 1.807) is 11.3 Å². The van der Waals surface area contributed by atoms with Crippen LogP contribution in [0, 0.1) is 18.3 Å². The normalized spacial score (nSPS) is 13.5. The van der Waals surface area contributed by atoms with Crippen LogP contribution in [0.15, 0.2) is 6.07 Å². The van der Waals surface area contributed by atoms with E-state index in [1.165, 1.54) is 4.88 Å². The molecule has 110 valence electrons. The zero-order chi connectivity index (χ0) is 14.9. The minimum Gasteiger partial charge on any atom is -0.369 e. The Bertz CT molecular complexity index is 599. The topological polar surface area (TPSA) is 75.9 Å². The Morgan fingerprint density at radius 1 is 1.35 bits per heavy atom. The molecule has 0 spiro atoms. The summed E-state index contributed by atoms with van der Waals surface area (Å²) < 4.78 is 0. The summed E-state index contributed by atoms with van der Waals surface area (Å²) in [7, 11) is 0. The number of fused-ring (bicyclic) bond motifs is 1. The molecule has 0 amide bonds. The quantitative estimate of drug-likeness (QED) is 0.595. The molecule has 0 aliphatic carbocycles. The molecule has 1 atom stereocenters. The first-order chi connectivity index (χ1) is 9.31. The maximum absolute atomic E-state index is 5.44. The van der Waals surface area contributed by atoms with Crippen molar-refractivity contribution in [1.82, 2.24) is 9.97 Å². The van der Waals surface area contributed by atoms with Gasteiger partial charge in [0, 0.05) is 11.4 Å².